The van der Waals surface area contributed by atoms with Crippen LogP contribution < -0.4 is 5.32 Å². The van der Waals surface area contributed by atoms with Gasteiger partial charge in [0.1, 0.15) is 0 Å². The van der Waals surface area contributed by atoms with E-state index >= 15 is 0 Å². The van der Waals surface area contributed by atoms with Crippen LogP contribution in [0.25, 0.3) is 0 Å². The first-order valence-electron chi connectivity index (χ1n) is 7.39. The lowest BCUT2D eigenvalue weighted by atomic mass is 10.1. The van der Waals surface area contributed by atoms with Crippen molar-refractivity contribution in [1.82, 2.24) is 9.62 Å². The van der Waals surface area contributed by atoms with Crippen LogP contribution in [0.1, 0.15) is 24.8 Å². The molecular formula is C14H20ClN3O4S. The molecule has 7 nitrogen and oxygen atoms in total. The number of benzene rings is 1. The molecule has 23 heavy (non-hydrogen) atoms. The second-order valence-corrected chi connectivity index (χ2v) is 7.93. The Bertz CT molecular complexity index is 710. The van der Waals surface area contributed by atoms with Crippen molar-refractivity contribution in [3.8, 4) is 0 Å². The average Bonchev–Trinajstić information content (AvgIpc) is 2.77. The summed E-state index contributed by atoms with van der Waals surface area (Å²) < 4.78 is 27.1. The lowest BCUT2D eigenvalue weighted by molar-refractivity contribution is -0.385. The van der Waals surface area contributed by atoms with E-state index in [1.165, 1.54) is 22.5 Å². The average molecular weight is 362 g/mol. The molecule has 2 bridgehead atoms. The van der Waals surface area contributed by atoms with Crippen molar-refractivity contribution >= 4 is 28.1 Å². The van der Waals surface area contributed by atoms with Crippen LogP contribution in [0.2, 0.25) is 0 Å². The van der Waals surface area contributed by atoms with Gasteiger partial charge in [-0.05, 0) is 38.3 Å². The molecule has 0 saturated carbocycles. The highest BCUT2D eigenvalue weighted by Crippen LogP contribution is 2.27. The first-order chi connectivity index (χ1) is 10.4. The van der Waals surface area contributed by atoms with Gasteiger partial charge in [0.15, 0.2) is 0 Å². The molecule has 9 heteroatoms. The zero-order valence-electron chi connectivity index (χ0n) is 12.8. The quantitative estimate of drug-likeness (QED) is 0.655. The Kier molecular flexibility index (Phi) is 5.30. The molecule has 2 fully saturated rings. The molecule has 0 spiro atoms. The van der Waals surface area contributed by atoms with E-state index in [1.807, 2.05) is 0 Å². The van der Waals surface area contributed by atoms with Crippen LogP contribution in [0.15, 0.2) is 23.1 Å². The fraction of sp³-hybridized carbons (Fsp3) is 0.571. The minimum absolute atomic E-state index is 0. The van der Waals surface area contributed by atoms with Gasteiger partial charge in [-0.15, -0.1) is 12.4 Å². The first-order valence-corrected chi connectivity index (χ1v) is 8.83. The van der Waals surface area contributed by atoms with Crippen molar-refractivity contribution < 1.29 is 13.3 Å². The summed E-state index contributed by atoms with van der Waals surface area (Å²) in [5.74, 6) is 0. The molecule has 0 radical (unpaired) electrons. The first kappa shape index (κ1) is 18.1. The van der Waals surface area contributed by atoms with Gasteiger partial charge in [0.25, 0.3) is 5.69 Å². The van der Waals surface area contributed by atoms with Gasteiger partial charge in [-0.1, -0.05) is 0 Å². The van der Waals surface area contributed by atoms with Gasteiger partial charge in [-0.3, -0.25) is 10.1 Å². The number of sulfonamides is 1. The van der Waals surface area contributed by atoms with Crippen LogP contribution in [-0.4, -0.2) is 42.8 Å². The predicted molar refractivity (Wildman–Crippen MR) is 88.4 cm³/mol. The van der Waals surface area contributed by atoms with Crippen molar-refractivity contribution in [1.29, 1.82) is 0 Å². The van der Waals surface area contributed by atoms with Gasteiger partial charge < -0.3 is 5.32 Å². The molecule has 1 aromatic carbocycles. The highest BCUT2D eigenvalue weighted by Gasteiger charge is 2.35. The number of hydrogen-bond acceptors (Lipinski definition) is 5. The van der Waals surface area contributed by atoms with Gasteiger partial charge in [0.2, 0.25) is 10.0 Å². The van der Waals surface area contributed by atoms with Gasteiger partial charge >= 0.3 is 0 Å². The lowest BCUT2D eigenvalue weighted by Crippen LogP contribution is -2.39. The van der Waals surface area contributed by atoms with E-state index in [1.54, 1.807) is 6.92 Å². The summed E-state index contributed by atoms with van der Waals surface area (Å²) in [6.45, 7) is 2.52. The van der Waals surface area contributed by atoms with E-state index in [-0.39, 0.29) is 29.0 Å². The normalized spacial score (nSPS) is 24.7. The fourth-order valence-electron chi connectivity index (χ4n) is 3.27. The third-order valence-electron chi connectivity index (χ3n) is 4.49. The Labute approximate surface area is 141 Å². The maximum absolute atomic E-state index is 12.8. The van der Waals surface area contributed by atoms with Crippen molar-refractivity contribution in [2.45, 2.75) is 43.2 Å². The molecule has 0 amide bonds. The molecule has 2 aliphatic rings. The van der Waals surface area contributed by atoms with E-state index in [9.17, 15) is 18.5 Å². The van der Waals surface area contributed by atoms with E-state index in [0.717, 1.165) is 19.3 Å². The van der Waals surface area contributed by atoms with Crippen LogP contribution in [0.4, 0.5) is 5.69 Å². The van der Waals surface area contributed by atoms with Gasteiger partial charge in [0.05, 0.1) is 9.82 Å². The fourth-order valence-corrected chi connectivity index (χ4v) is 4.86. The molecule has 0 aliphatic carbocycles. The lowest BCUT2D eigenvalue weighted by Gasteiger charge is -2.23. The van der Waals surface area contributed by atoms with E-state index < -0.39 is 14.9 Å². The molecule has 2 unspecified atom stereocenters. The Balaban J connectivity index is 0.00000192. The number of nitro benzene ring substituents is 1. The van der Waals surface area contributed by atoms with Crippen molar-refractivity contribution in [3.05, 3.63) is 33.9 Å². The number of rotatable bonds is 3. The maximum Gasteiger partial charge on any atom is 0.272 e. The Morgan fingerprint density at radius 3 is 2.61 bits per heavy atom. The zero-order valence-corrected chi connectivity index (χ0v) is 14.4. The van der Waals surface area contributed by atoms with Crippen LogP contribution >= 0.6 is 12.4 Å². The van der Waals surface area contributed by atoms with E-state index in [0.29, 0.717) is 24.7 Å². The summed E-state index contributed by atoms with van der Waals surface area (Å²) in [6, 6.07) is 4.61. The standard InChI is InChI=1S/C14H19N3O4S.ClH/c1-10-8-13(4-5-14(10)17(18)19)22(20,21)16-7-6-11-2-3-12(9-16)15-11;/h4-5,8,11-12,15H,2-3,6-7,9H2,1H3;1H. The summed E-state index contributed by atoms with van der Waals surface area (Å²) in [7, 11) is -3.60. The number of nitro groups is 1. The molecular weight excluding hydrogens is 342 g/mol. The van der Waals surface area contributed by atoms with Crippen molar-refractivity contribution in [3.63, 3.8) is 0 Å². The number of aryl methyl sites for hydroxylation is 1. The topological polar surface area (TPSA) is 92.6 Å². The summed E-state index contributed by atoms with van der Waals surface area (Å²) in [5, 5.41) is 14.3. The molecule has 0 aromatic heterocycles. The largest absolute Gasteiger partial charge is 0.310 e. The summed E-state index contributed by atoms with van der Waals surface area (Å²) >= 11 is 0. The van der Waals surface area contributed by atoms with E-state index in [2.05, 4.69) is 5.32 Å². The second-order valence-electron chi connectivity index (χ2n) is 5.99. The predicted octanol–water partition coefficient (Wildman–Crippen LogP) is 1.84. The highest BCUT2D eigenvalue weighted by atomic mass is 35.5. The summed E-state index contributed by atoms with van der Waals surface area (Å²) in [5.41, 5.74) is 0.302. The minimum Gasteiger partial charge on any atom is -0.310 e. The maximum atomic E-state index is 12.8. The van der Waals surface area contributed by atoms with Crippen LogP contribution in [-0.2, 0) is 10.0 Å². The molecule has 2 atom stereocenters. The van der Waals surface area contributed by atoms with Crippen molar-refractivity contribution in [2.75, 3.05) is 13.1 Å². The monoisotopic (exact) mass is 361 g/mol. The molecule has 1 N–H and O–H groups in total. The smallest absolute Gasteiger partial charge is 0.272 e. The number of nitrogens with zero attached hydrogens (tertiary/aromatic N) is 2. The van der Waals surface area contributed by atoms with E-state index in [4.69, 9.17) is 0 Å². The molecule has 2 saturated heterocycles. The SMILES string of the molecule is Cc1cc(S(=O)(=O)N2CCC3CCC(C2)N3)ccc1[N+](=O)[O-].Cl. The van der Waals surface area contributed by atoms with Gasteiger partial charge in [-0.25, -0.2) is 8.42 Å². The van der Waals surface area contributed by atoms with Gasteiger partial charge in [0, 0.05) is 36.8 Å². The summed E-state index contributed by atoms with van der Waals surface area (Å²) in [4.78, 5) is 10.5. The molecule has 2 heterocycles. The summed E-state index contributed by atoms with van der Waals surface area (Å²) in [6.07, 6.45) is 2.91. The Morgan fingerprint density at radius 1 is 1.26 bits per heavy atom. The molecule has 128 valence electrons. The van der Waals surface area contributed by atoms with Crippen LogP contribution in [0, 0.1) is 17.0 Å². The zero-order chi connectivity index (χ0) is 15.9. The van der Waals surface area contributed by atoms with Crippen LogP contribution in [0.3, 0.4) is 0 Å². The van der Waals surface area contributed by atoms with Crippen molar-refractivity contribution in [2.24, 2.45) is 0 Å². The third kappa shape index (κ3) is 3.50. The number of halogens is 1. The third-order valence-corrected chi connectivity index (χ3v) is 6.35. The Hall–Kier alpha value is -1.22. The molecule has 2 aliphatic heterocycles. The number of nitrogens with one attached hydrogen (secondary N) is 1. The second kappa shape index (κ2) is 6.72. The van der Waals surface area contributed by atoms with Crippen LogP contribution in [0.5, 0.6) is 0 Å². The minimum atomic E-state index is -3.60. The van der Waals surface area contributed by atoms with Gasteiger partial charge in [-0.2, -0.15) is 4.31 Å². The Morgan fingerprint density at radius 2 is 1.96 bits per heavy atom. The number of hydrogen-bond donors (Lipinski definition) is 1. The molecule has 1 aromatic rings. The highest BCUT2D eigenvalue weighted by molar-refractivity contribution is 7.89. The molecule has 3 rings (SSSR count). The number of fused-ring (bicyclic) bond motifs is 2.